The Morgan fingerprint density at radius 3 is 2.50 bits per heavy atom. The first-order valence-electron chi connectivity index (χ1n) is 6.51. The smallest absolute Gasteiger partial charge is 0.306 e. The molecule has 0 heterocycles. The molecule has 0 radical (unpaired) electrons. The summed E-state index contributed by atoms with van der Waals surface area (Å²) in [6, 6.07) is 0. The molecule has 0 aromatic carbocycles. The van der Waals surface area contributed by atoms with E-state index in [0.29, 0.717) is 18.9 Å². The number of esters is 1. The average Bonchev–Trinajstić information content (AvgIpc) is 3.08. The van der Waals surface area contributed by atoms with Crippen molar-refractivity contribution in [2.45, 2.75) is 51.4 Å². The third-order valence-electron chi connectivity index (χ3n) is 4.02. The minimum absolute atomic E-state index is 0.00266. The Bertz CT molecular complexity index is 242. The van der Waals surface area contributed by atoms with Crippen molar-refractivity contribution >= 4 is 18.6 Å². The van der Waals surface area contributed by atoms with Crippen LogP contribution < -0.4 is 0 Å². The number of carbonyl (C=O) groups is 1. The van der Waals surface area contributed by atoms with Gasteiger partial charge in [0.25, 0.3) is 0 Å². The highest BCUT2D eigenvalue weighted by Crippen LogP contribution is 2.49. The first-order chi connectivity index (χ1) is 7.74. The van der Waals surface area contributed by atoms with E-state index in [-0.39, 0.29) is 11.4 Å². The van der Waals surface area contributed by atoms with E-state index in [1.54, 1.807) is 0 Å². The van der Waals surface area contributed by atoms with Crippen LogP contribution in [0.4, 0.5) is 0 Å². The van der Waals surface area contributed by atoms with Crippen LogP contribution in [0, 0.1) is 11.3 Å². The highest BCUT2D eigenvalue weighted by Gasteiger charge is 2.43. The Balaban J connectivity index is 1.63. The quantitative estimate of drug-likeness (QED) is 0.592. The second-order valence-corrected chi connectivity index (χ2v) is 5.84. The maximum Gasteiger partial charge on any atom is 0.306 e. The Labute approximate surface area is 104 Å². The van der Waals surface area contributed by atoms with Gasteiger partial charge in [0.1, 0.15) is 0 Å². The summed E-state index contributed by atoms with van der Waals surface area (Å²) in [4.78, 5) is 11.6. The van der Waals surface area contributed by atoms with Gasteiger partial charge in [-0.1, -0.05) is 19.3 Å². The van der Waals surface area contributed by atoms with Gasteiger partial charge in [0.05, 0.1) is 13.0 Å². The highest BCUT2D eigenvalue weighted by molar-refractivity contribution is 7.80. The van der Waals surface area contributed by atoms with Crippen molar-refractivity contribution in [3.05, 3.63) is 0 Å². The molecule has 0 atom stereocenters. The molecule has 0 spiro atoms. The van der Waals surface area contributed by atoms with Crippen LogP contribution in [0.5, 0.6) is 0 Å². The van der Waals surface area contributed by atoms with Crippen LogP contribution in [0.1, 0.15) is 51.4 Å². The highest BCUT2D eigenvalue weighted by atomic mass is 32.1. The zero-order valence-electron chi connectivity index (χ0n) is 9.91. The molecule has 2 fully saturated rings. The van der Waals surface area contributed by atoms with E-state index in [2.05, 4.69) is 12.6 Å². The van der Waals surface area contributed by atoms with Crippen molar-refractivity contribution in [1.29, 1.82) is 0 Å². The van der Waals surface area contributed by atoms with Gasteiger partial charge in [-0.25, -0.2) is 0 Å². The second-order valence-electron chi connectivity index (χ2n) is 5.52. The molecular weight excluding hydrogens is 220 g/mol. The Hall–Kier alpha value is -0.180. The lowest BCUT2D eigenvalue weighted by molar-refractivity contribution is -0.146. The largest absolute Gasteiger partial charge is 0.465 e. The minimum atomic E-state index is -0.00266. The molecule has 0 bridgehead atoms. The molecule has 2 nitrogen and oxygen atoms in total. The summed E-state index contributed by atoms with van der Waals surface area (Å²) in [5.74, 6) is 1.45. The third-order valence-corrected chi connectivity index (χ3v) is 4.69. The summed E-state index contributed by atoms with van der Waals surface area (Å²) in [5, 5.41) is 0. The van der Waals surface area contributed by atoms with E-state index < -0.39 is 0 Å². The number of rotatable bonds is 5. The monoisotopic (exact) mass is 242 g/mol. The molecule has 92 valence electrons. The number of hydrogen-bond donors (Lipinski definition) is 1. The van der Waals surface area contributed by atoms with Gasteiger partial charge >= 0.3 is 5.97 Å². The van der Waals surface area contributed by atoms with Crippen LogP contribution in [0.3, 0.4) is 0 Å². The standard InChI is InChI=1S/C13H22O2S/c14-12(8-13(10-16)6-7-13)15-9-11-4-2-1-3-5-11/h11,16H,1-10H2. The van der Waals surface area contributed by atoms with Crippen molar-refractivity contribution in [2.75, 3.05) is 12.4 Å². The number of thiol groups is 1. The van der Waals surface area contributed by atoms with E-state index in [1.807, 2.05) is 0 Å². The lowest BCUT2D eigenvalue weighted by Crippen LogP contribution is -2.19. The molecule has 0 aliphatic heterocycles. The van der Waals surface area contributed by atoms with E-state index >= 15 is 0 Å². The van der Waals surface area contributed by atoms with Gasteiger partial charge in [0, 0.05) is 0 Å². The first-order valence-corrected chi connectivity index (χ1v) is 7.14. The van der Waals surface area contributed by atoms with Crippen LogP contribution in [-0.4, -0.2) is 18.3 Å². The summed E-state index contributed by atoms with van der Waals surface area (Å²) in [5.41, 5.74) is 0.201. The van der Waals surface area contributed by atoms with Gasteiger partial charge in [-0.05, 0) is 42.8 Å². The minimum Gasteiger partial charge on any atom is -0.465 e. The van der Waals surface area contributed by atoms with Gasteiger partial charge in [0.2, 0.25) is 0 Å². The molecule has 2 rings (SSSR count). The van der Waals surface area contributed by atoms with E-state index in [4.69, 9.17) is 4.74 Å². The molecule has 2 aliphatic rings. The lowest BCUT2D eigenvalue weighted by atomic mass is 9.90. The van der Waals surface area contributed by atoms with Gasteiger partial charge in [-0.15, -0.1) is 0 Å². The fourth-order valence-electron chi connectivity index (χ4n) is 2.49. The Morgan fingerprint density at radius 2 is 1.94 bits per heavy atom. The van der Waals surface area contributed by atoms with Crippen LogP contribution >= 0.6 is 12.6 Å². The van der Waals surface area contributed by atoms with Crippen LogP contribution in [0.25, 0.3) is 0 Å². The molecular formula is C13H22O2S. The normalized spacial score (nSPS) is 24.1. The molecule has 0 aromatic rings. The van der Waals surface area contributed by atoms with E-state index in [1.165, 1.54) is 32.1 Å². The Kier molecular flexibility index (Phi) is 4.17. The van der Waals surface area contributed by atoms with Crippen molar-refractivity contribution < 1.29 is 9.53 Å². The van der Waals surface area contributed by atoms with E-state index in [0.717, 1.165) is 18.6 Å². The molecule has 0 unspecified atom stereocenters. The summed E-state index contributed by atoms with van der Waals surface area (Å²) >= 11 is 4.30. The maximum absolute atomic E-state index is 11.6. The molecule has 0 saturated heterocycles. The third kappa shape index (κ3) is 3.41. The van der Waals surface area contributed by atoms with Crippen molar-refractivity contribution in [3.8, 4) is 0 Å². The molecule has 0 amide bonds. The van der Waals surface area contributed by atoms with Crippen LogP contribution in [0.15, 0.2) is 0 Å². The zero-order chi connectivity index (χ0) is 11.4. The van der Waals surface area contributed by atoms with Gasteiger partial charge in [-0.3, -0.25) is 4.79 Å². The molecule has 0 aromatic heterocycles. The number of ether oxygens (including phenoxy) is 1. The molecule has 2 saturated carbocycles. The topological polar surface area (TPSA) is 26.3 Å². The average molecular weight is 242 g/mol. The van der Waals surface area contributed by atoms with Gasteiger partial charge in [-0.2, -0.15) is 12.6 Å². The molecule has 0 N–H and O–H groups in total. The summed E-state index contributed by atoms with van der Waals surface area (Å²) in [6.07, 6.45) is 9.34. The molecule has 2 aliphatic carbocycles. The molecule has 3 heteroatoms. The van der Waals surface area contributed by atoms with E-state index in [9.17, 15) is 4.79 Å². The Morgan fingerprint density at radius 1 is 1.25 bits per heavy atom. The first kappa shape index (κ1) is 12.3. The predicted molar refractivity (Wildman–Crippen MR) is 67.7 cm³/mol. The van der Waals surface area contributed by atoms with Crippen molar-refractivity contribution in [1.82, 2.24) is 0 Å². The summed E-state index contributed by atoms with van der Waals surface area (Å²) in [7, 11) is 0. The maximum atomic E-state index is 11.6. The van der Waals surface area contributed by atoms with Crippen LogP contribution in [-0.2, 0) is 9.53 Å². The summed E-state index contributed by atoms with van der Waals surface area (Å²) in [6.45, 7) is 0.654. The second kappa shape index (κ2) is 5.44. The van der Waals surface area contributed by atoms with Crippen molar-refractivity contribution in [3.63, 3.8) is 0 Å². The van der Waals surface area contributed by atoms with Gasteiger partial charge in [0.15, 0.2) is 0 Å². The van der Waals surface area contributed by atoms with Crippen molar-refractivity contribution in [2.24, 2.45) is 11.3 Å². The van der Waals surface area contributed by atoms with Crippen LogP contribution in [0.2, 0.25) is 0 Å². The number of hydrogen-bond acceptors (Lipinski definition) is 3. The van der Waals surface area contributed by atoms with Gasteiger partial charge < -0.3 is 4.74 Å². The zero-order valence-corrected chi connectivity index (χ0v) is 10.8. The lowest BCUT2D eigenvalue weighted by Gasteiger charge is -2.21. The fourth-order valence-corrected chi connectivity index (χ4v) is 2.92. The summed E-state index contributed by atoms with van der Waals surface area (Å²) < 4.78 is 5.39. The number of carbonyl (C=O) groups excluding carboxylic acids is 1. The fraction of sp³-hybridized carbons (Fsp3) is 0.923. The predicted octanol–water partition coefficient (Wildman–Crippen LogP) is 3.21. The molecule has 16 heavy (non-hydrogen) atoms. The SMILES string of the molecule is O=C(CC1(CS)CC1)OCC1CCCCC1.